The van der Waals surface area contributed by atoms with Crippen molar-refractivity contribution in [2.24, 2.45) is 0 Å². The molecule has 1 aromatic rings. The molecule has 3 amide bonds. The highest BCUT2D eigenvalue weighted by Crippen LogP contribution is 2.17. The molecule has 10 heteroatoms. The molecule has 10 nitrogen and oxygen atoms in total. The van der Waals surface area contributed by atoms with Crippen LogP contribution in [0.2, 0.25) is 0 Å². The van der Waals surface area contributed by atoms with Gasteiger partial charge in [-0.1, -0.05) is 0 Å². The molecule has 0 saturated carbocycles. The van der Waals surface area contributed by atoms with Crippen LogP contribution in [0.4, 0.5) is 10.6 Å². The Bertz CT molecular complexity index is 668. The highest BCUT2D eigenvalue weighted by Gasteiger charge is 2.37. The monoisotopic (exact) mass is 393 g/mol. The standard InChI is InChI=1S/C18H31N7O3/c1-4-21-17(27)24-18(2,3)16(26)25-9-5-13(12-25)28-10-8-20-11-14-15(19)23-7-6-22-14/h6-7,13,20H,4-5,8-12H2,1-3H3,(H2,19,23)(H2,21,24,27)/t13-/m1/s1. The number of hydrogen-bond donors (Lipinski definition) is 4. The molecule has 28 heavy (non-hydrogen) atoms. The zero-order chi connectivity index (χ0) is 20.6. The van der Waals surface area contributed by atoms with Crippen LogP contribution in [-0.4, -0.2) is 71.2 Å². The third-order valence-electron chi connectivity index (χ3n) is 4.46. The van der Waals surface area contributed by atoms with Crippen LogP contribution in [0.3, 0.4) is 0 Å². The van der Waals surface area contributed by atoms with Gasteiger partial charge in [-0.2, -0.15) is 0 Å². The summed E-state index contributed by atoms with van der Waals surface area (Å²) >= 11 is 0. The van der Waals surface area contributed by atoms with E-state index in [1.165, 1.54) is 0 Å². The van der Waals surface area contributed by atoms with Gasteiger partial charge < -0.3 is 31.3 Å². The van der Waals surface area contributed by atoms with Crippen molar-refractivity contribution < 1.29 is 14.3 Å². The summed E-state index contributed by atoms with van der Waals surface area (Å²) in [5.41, 5.74) is 5.49. The lowest BCUT2D eigenvalue weighted by molar-refractivity contribution is -0.136. The number of aromatic nitrogens is 2. The van der Waals surface area contributed by atoms with Gasteiger partial charge in [-0.15, -0.1) is 0 Å². The maximum absolute atomic E-state index is 12.7. The Balaban J connectivity index is 1.68. The summed E-state index contributed by atoms with van der Waals surface area (Å²) in [6.07, 6.45) is 3.94. The molecule has 1 aromatic heterocycles. The Morgan fingerprint density at radius 1 is 1.36 bits per heavy atom. The highest BCUT2D eigenvalue weighted by atomic mass is 16.5. The summed E-state index contributed by atoms with van der Waals surface area (Å²) in [4.78, 5) is 34.3. The number of likely N-dealkylation sites (tertiary alicyclic amines) is 1. The molecule has 0 radical (unpaired) electrons. The molecule has 2 heterocycles. The van der Waals surface area contributed by atoms with Gasteiger partial charge in [-0.25, -0.2) is 9.78 Å². The first-order chi connectivity index (χ1) is 13.3. The van der Waals surface area contributed by atoms with Crippen molar-refractivity contribution in [1.82, 2.24) is 30.8 Å². The Morgan fingerprint density at radius 2 is 2.11 bits per heavy atom. The van der Waals surface area contributed by atoms with Gasteiger partial charge in [-0.3, -0.25) is 9.78 Å². The number of carbonyl (C=O) groups is 2. The van der Waals surface area contributed by atoms with Gasteiger partial charge in [0.25, 0.3) is 0 Å². The lowest BCUT2D eigenvalue weighted by Crippen LogP contribution is -2.57. The van der Waals surface area contributed by atoms with E-state index >= 15 is 0 Å². The summed E-state index contributed by atoms with van der Waals surface area (Å²) in [6, 6.07) is -0.345. The van der Waals surface area contributed by atoms with Gasteiger partial charge in [-0.05, 0) is 27.2 Å². The third-order valence-corrected chi connectivity index (χ3v) is 4.46. The minimum absolute atomic E-state index is 0.00685. The Morgan fingerprint density at radius 3 is 2.82 bits per heavy atom. The molecule has 5 N–H and O–H groups in total. The fourth-order valence-corrected chi connectivity index (χ4v) is 3.00. The number of nitrogens with two attached hydrogens (primary N) is 1. The van der Waals surface area contributed by atoms with Crippen LogP contribution >= 0.6 is 0 Å². The number of nitrogens with one attached hydrogen (secondary N) is 3. The van der Waals surface area contributed by atoms with Crippen LogP contribution in [0.15, 0.2) is 12.4 Å². The van der Waals surface area contributed by atoms with E-state index in [0.29, 0.717) is 50.8 Å². The molecule has 1 saturated heterocycles. The molecular formula is C18H31N7O3. The summed E-state index contributed by atoms with van der Waals surface area (Å²) < 4.78 is 5.86. The minimum atomic E-state index is -0.966. The first-order valence-electron chi connectivity index (χ1n) is 9.56. The molecule has 1 fully saturated rings. The largest absolute Gasteiger partial charge is 0.382 e. The van der Waals surface area contributed by atoms with Crippen molar-refractivity contribution in [3.05, 3.63) is 18.1 Å². The number of rotatable bonds is 9. The van der Waals surface area contributed by atoms with Crippen molar-refractivity contribution in [2.45, 2.75) is 45.4 Å². The number of ether oxygens (including phenoxy) is 1. The van der Waals surface area contributed by atoms with Crippen LogP contribution in [0, 0.1) is 0 Å². The number of urea groups is 1. The summed E-state index contributed by atoms with van der Waals surface area (Å²) in [5, 5.41) is 8.57. The average Bonchev–Trinajstić information content (AvgIpc) is 3.10. The lowest BCUT2D eigenvalue weighted by atomic mass is 10.0. The number of hydrogen-bond acceptors (Lipinski definition) is 7. The van der Waals surface area contributed by atoms with E-state index in [1.54, 1.807) is 31.1 Å². The number of nitrogen functional groups attached to an aromatic ring is 1. The normalized spacial score (nSPS) is 16.8. The lowest BCUT2D eigenvalue weighted by Gasteiger charge is -2.30. The first-order valence-corrected chi connectivity index (χ1v) is 9.56. The van der Waals surface area contributed by atoms with E-state index in [0.717, 1.165) is 6.42 Å². The molecule has 1 aliphatic heterocycles. The number of amides is 3. The van der Waals surface area contributed by atoms with Gasteiger partial charge in [0.1, 0.15) is 11.4 Å². The molecular weight excluding hydrogens is 362 g/mol. The molecule has 1 aliphatic rings. The third kappa shape index (κ3) is 6.31. The second-order valence-corrected chi connectivity index (χ2v) is 7.21. The maximum Gasteiger partial charge on any atom is 0.315 e. The summed E-state index contributed by atoms with van der Waals surface area (Å²) in [7, 11) is 0. The summed E-state index contributed by atoms with van der Waals surface area (Å²) in [5.74, 6) is 0.311. The van der Waals surface area contributed by atoms with Crippen molar-refractivity contribution >= 4 is 17.8 Å². The van der Waals surface area contributed by atoms with Crippen molar-refractivity contribution in [3.8, 4) is 0 Å². The first kappa shape index (κ1) is 21.8. The summed E-state index contributed by atoms with van der Waals surface area (Å²) in [6.45, 7) is 8.59. The van der Waals surface area contributed by atoms with E-state index < -0.39 is 5.54 Å². The quantitative estimate of drug-likeness (QED) is 0.429. The van der Waals surface area contributed by atoms with Crippen LogP contribution in [0.25, 0.3) is 0 Å². The topological polar surface area (TPSA) is 134 Å². The van der Waals surface area contributed by atoms with E-state index in [4.69, 9.17) is 10.5 Å². The molecule has 0 aliphatic carbocycles. The van der Waals surface area contributed by atoms with Crippen LogP contribution in [0.1, 0.15) is 32.9 Å². The molecule has 0 aromatic carbocycles. The van der Waals surface area contributed by atoms with E-state index in [1.807, 2.05) is 6.92 Å². The molecule has 0 spiro atoms. The fourth-order valence-electron chi connectivity index (χ4n) is 3.00. The zero-order valence-corrected chi connectivity index (χ0v) is 16.8. The molecule has 0 bridgehead atoms. The average molecular weight is 393 g/mol. The Labute approximate surface area is 165 Å². The van der Waals surface area contributed by atoms with Crippen LogP contribution in [0.5, 0.6) is 0 Å². The molecule has 1 atom stereocenters. The molecule has 156 valence electrons. The number of carbonyl (C=O) groups excluding carboxylic acids is 2. The fraction of sp³-hybridized carbons (Fsp3) is 0.667. The predicted octanol–water partition coefficient (Wildman–Crippen LogP) is -0.136. The molecule has 2 rings (SSSR count). The van der Waals surface area contributed by atoms with E-state index in [9.17, 15) is 9.59 Å². The van der Waals surface area contributed by atoms with Crippen molar-refractivity contribution in [1.29, 1.82) is 0 Å². The van der Waals surface area contributed by atoms with E-state index in [-0.39, 0.29) is 18.0 Å². The van der Waals surface area contributed by atoms with E-state index in [2.05, 4.69) is 25.9 Å². The zero-order valence-electron chi connectivity index (χ0n) is 16.8. The van der Waals surface area contributed by atoms with Crippen molar-refractivity contribution in [3.63, 3.8) is 0 Å². The van der Waals surface area contributed by atoms with Crippen molar-refractivity contribution in [2.75, 3.05) is 38.5 Å². The second kappa shape index (κ2) is 10.2. The number of nitrogens with zero attached hydrogens (tertiary/aromatic N) is 3. The Hall–Kier alpha value is -2.46. The van der Waals surface area contributed by atoms with Gasteiger partial charge in [0.2, 0.25) is 5.91 Å². The number of anilines is 1. The predicted molar refractivity (Wildman–Crippen MR) is 105 cm³/mol. The Kier molecular flexibility index (Phi) is 7.94. The van der Waals surface area contributed by atoms with Gasteiger partial charge in [0.15, 0.2) is 0 Å². The van der Waals surface area contributed by atoms with Gasteiger partial charge in [0, 0.05) is 45.1 Å². The minimum Gasteiger partial charge on any atom is -0.382 e. The second-order valence-electron chi connectivity index (χ2n) is 7.21. The van der Waals surface area contributed by atoms with Gasteiger partial charge >= 0.3 is 6.03 Å². The van der Waals surface area contributed by atoms with Gasteiger partial charge in [0.05, 0.1) is 18.4 Å². The molecule has 0 unspecified atom stereocenters. The highest BCUT2D eigenvalue weighted by molar-refractivity contribution is 5.90. The van der Waals surface area contributed by atoms with Crippen LogP contribution in [-0.2, 0) is 16.1 Å². The smallest absolute Gasteiger partial charge is 0.315 e. The van der Waals surface area contributed by atoms with Crippen LogP contribution < -0.4 is 21.7 Å². The maximum atomic E-state index is 12.7. The SMILES string of the molecule is CCNC(=O)NC(C)(C)C(=O)N1CC[C@@H](OCCNCc2nccnc2N)C1.